The van der Waals surface area contributed by atoms with E-state index in [1.54, 1.807) is 0 Å². The van der Waals surface area contributed by atoms with E-state index in [4.69, 9.17) is 11.2 Å². The van der Waals surface area contributed by atoms with Crippen molar-refractivity contribution in [2.45, 2.75) is 97.3 Å². The summed E-state index contributed by atoms with van der Waals surface area (Å²) in [6.45, 7) is 18.3. The molecular formula is C55H50O. The Balaban J connectivity index is 1.28. The molecule has 0 saturated heterocycles. The molecule has 0 atom stereocenters. The molecule has 6 aromatic rings. The van der Waals surface area contributed by atoms with Crippen LogP contribution in [0.1, 0.15) is 128 Å². The van der Waals surface area contributed by atoms with Crippen LogP contribution in [0.2, 0.25) is 0 Å². The van der Waals surface area contributed by atoms with Crippen molar-refractivity contribution < 1.29 is 4.74 Å². The van der Waals surface area contributed by atoms with Crippen molar-refractivity contribution in [1.82, 2.24) is 0 Å². The van der Waals surface area contributed by atoms with Crippen LogP contribution in [0.15, 0.2) is 103 Å². The summed E-state index contributed by atoms with van der Waals surface area (Å²) in [6.07, 6.45) is 9.53. The highest BCUT2D eigenvalue weighted by Crippen LogP contribution is 2.52. The third-order valence-electron chi connectivity index (χ3n) is 11.8. The van der Waals surface area contributed by atoms with Gasteiger partial charge in [0.25, 0.3) is 0 Å². The van der Waals surface area contributed by atoms with E-state index in [0.29, 0.717) is 0 Å². The lowest BCUT2D eigenvalue weighted by Gasteiger charge is -2.38. The third kappa shape index (κ3) is 7.03. The zero-order valence-electron chi connectivity index (χ0n) is 34.1. The van der Waals surface area contributed by atoms with Gasteiger partial charge in [0.15, 0.2) is 0 Å². The van der Waals surface area contributed by atoms with Crippen LogP contribution in [0.5, 0.6) is 11.5 Å². The van der Waals surface area contributed by atoms with E-state index < -0.39 is 0 Å². The molecule has 1 heteroatoms. The average Bonchev–Trinajstić information content (AvgIpc) is 3.16. The first-order valence-corrected chi connectivity index (χ1v) is 20.0. The number of benzene rings is 6. The molecule has 0 radical (unpaired) electrons. The van der Waals surface area contributed by atoms with Crippen molar-refractivity contribution in [2.75, 3.05) is 0 Å². The summed E-state index contributed by atoms with van der Waals surface area (Å²) in [7, 11) is 0. The molecular weight excluding hydrogens is 677 g/mol. The number of hydrogen-bond acceptors (Lipinski definition) is 1. The van der Waals surface area contributed by atoms with Gasteiger partial charge >= 0.3 is 0 Å². The second-order valence-electron chi connectivity index (χ2n) is 18.2. The molecule has 276 valence electrons. The minimum atomic E-state index is -0.372. The van der Waals surface area contributed by atoms with Gasteiger partial charge in [-0.15, -0.1) is 6.42 Å². The van der Waals surface area contributed by atoms with Crippen LogP contribution in [0.4, 0.5) is 0 Å². The molecule has 11 rings (SSSR count). The van der Waals surface area contributed by atoms with E-state index in [1.165, 1.54) is 38.8 Å². The Kier molecular flexibility index (Phi) is 9.23. The van der Waals surface area contributed by atoms with Gasteiger partial charge in [0, 0.05) is 33.2 Å². The molecule has 1 nitrogen and oxygen atoms in total. The van der Waals surface area contributed by atoms with Crippen molar-refractivity contribution in [1.29, 1.82) is 0 Å². The first-order valence-electron chi connectivity index (χ1n) is 20.0. The van der Waals surface area contributed by atoms with Gasteiger partial charge in [0.05, 0.1) is 11.1 Å². The molecule has 0 fully saturated rings. The van der Waals surface area contributed by atoms with E-state index in [-0.39, 0.29) is 16.2 Å². The maximum Gasteiger partial charge on any atom is 0.147 e. The van der Waals surface area contributed by atoms with Crippen LogP contribution < -0.4 is 4.74 Å². The highest BCUT2D eigenvalue weighted by Gasteiger charge is 2.39. The van der Waals surface area contributed by atoms with Gasteiger partial charge < -0.3 is 4.74 Å². The molecule has 0 saturated carbocycles. The summed E-state index contributed by atoms with van der Waals surface area (Å²) in [5.41, 5.74) is 14.2. The number of terminal acetylenes is 1. The summed E-state index contributed by atoms with van der Waals surface area (Å²) in [4.78, 5) is 0. The Morgan fingerprint density at radius 3 is 1.59 bits per heavy atom. The number of ether oxygens (including phenoxy) is 1. The summed E-state index contributed by atoms with van der Waals surface area (Å²) in [5, 5.41) is 2.33. The molecule has 56 heavy (non-hydrogen) atoms. The van der Waals surface area contributed by atoms with Crippen LogP contribution in [-0.4, -0.2) is 0 Å². The maximum absolute atomic E-state index is 7.17. The largest absolute Gasteiger partial charge is 0.454 e. The SMILES string of the molecule is C#Cc1cc2ccc1CCc1ccc(c(C#Cc3cc(C(C)(C)C)cc4c3Oc3c(C#Cc5cccc6ccccc56)cc(C(C)(C)C)cc3C4(C)C)c1)CC2. The Labute approximate surface area is 334 Å². The van der Waals surface area contributed by atoms with E-state index >= 15 is 0 Å². The van der Waals surface area contributed by atoms with Crippen LogP contribution in [-0.2, 0) is 41.9 Å². The van der Waals surface area contributed by atoms with Gasteiger partial charge in [0.1, 0.15) is 11.5 Å². The van der Waals surface area contributed by atoms with Crippen LogP contribution in [0, 0.1) is 36.0 Å². The van der Waals surface area contributed by atoms with Gasteiger partial charge in [-0.25, -0.2) is 0 Å². The molecule has 1 heterocycles. The fraction of sp³-hybridized carbons (Fsp3) is 0.273. The lowest BCUT2D eigenvalue weighted by Crippen LogP contribution is -2.28. The standard InChI is InChI=1S/C55H50O/c1-10-38-30-36-18-22-39(38)23-19-37-21-25-40(24-20-36)43(31-37)27-29-45-33-47(54(5,6)7)35-50-52(45)56-51-44(32-46(53(2,3)4)34-49(51)55(50,8)9)28-26-42-16-13-15-41-14-11-12-17-48(41)42/h1,11-18,21-22,25,30-35H,19-20,23-24H2,2-9H3. The average molecular weight is 727 g/mol. The smallest absolute Gasteiger partial charge is 0.147 e. The van der Waals surface area contributed by atoms with Crippen LogP contribution in [0.3, 0.4) is 0 Å². The summed E-state index contributed by atoms with van der Waals surface area (Å²) in [5.74, 6) is 19.1. The number of aryl methyl sites for hydroxylation is 4. The predicted molar refractivity (Wildman–Crippen MR) is 234 cm³/mol. The van der Waals surface area contributed by atoms with Gasteiger partial charge in [-0.2, -0.15) is 0 Å². The Morgan fingerprint density at radius 1 is 0.518 bits per heavy atom. The second kappa shape index (κ2) is 14.0. The quantitative estimate of drug-likeness (QED) is 0.142. The van der Waals surface area contributed by atoms with Crippen molar-refractivity contribution >= 4 is 10.8 Å². The first kappa shape index (κ1) is 37.0. The van der Waals surface area contributed by atoms with E-state index in [1.807, 2.05) is 0 Å². The fourth-order valence-electron chi connectivity index (χ4n) is 8.11. The molecule has 0 spiro atoms. The molecule has 4 bridgehead atoms. The number of rotatable bonds is 0. The van der Waals surface area contributed by atoms with Gasteiger partial charge in [0.2, 0.25) is 0 Å². The Hall–Kier alpha value is -5.94. The minimum absolute atomic E-state index is 0.0804. The monoisotopic (exact) mass is 726 g/mol. The van der Waals surface area contributed by atoms with E-state index in [0.717, 1.165) is 81.5 Å². The lowest BCUT2D eigenvalue weighted by molar-refractivity contribution is 0.412. The number of hydrogen-bond donors (Lipinski definition) is 0. The molecule has 0 aromatic heterocycles. The molecule has 0 amide bonds. The van der Waals surface area contributed by atoms with Crippen LogP contribution in [0.25, 0.3) is 10.8 Å². The topological polar surface area (TPSA) is 9.23 Å². The summed E-state index contributed by atoms with van der Waals surface area (Å²) >= 11 is 0. The van der Waals surface area contributed by atoms with Gasteiger partial charge in [-0.05, 0) is 111 Å². The molecule has 0 unspecified atom stereocenters. The highest BCUT2D eigenvalue weighted by molar-refractivity contribution is 5.88. The molecule has 1 aliphatic heterocycles. The van der Waals surface area contributed by atoms with Crippen molar-refractivity contribution in [3.05, 3.63) is 175 Å². The normalized spacial score (nSPS) is 14.1. The van der Waals surface area contributed by atoms with Gasteiger partial charge in [-0.3, -0.25) is 0 Å². The summed E-state index contributed by atoms with van der Waals surface area (Å²) in [6, 6.07) is 37.5. The van der Waals surface area contributed by atoms with Crippen molar-refractivity contribution in [3.8, 4) is 47.5 Å². The number of fused-ring (bicyclic) bond motifs is 3. The summed E-state index contributed by atoms with van der Waals surface area (Å²) < 4.78 is 7.17. The second-order valence-corrected chi connectivity index (χ2v) is 18.2. The Morgan fingerprint density at radius 2 is 1.02 bits per heavy atom. The zero-order valence-corrected chi connectivity index (χ0v) is 34.1. The molecule has 6 aromatic carbocycles. The first-order chi connectivity index (χ1) is 26.7. The minimum Gasteiger partial charge on any atom is -0.454 e. The predicted octanol–water partition coefficient (Wildman–Crippen LogP) is 12.5. The molecule has 0 N–H and O–H groups in total. The van der Waals surface area contributed by atoms with E-state index in [9.17, 15) is 0 Å². The lowest BCUT2D eigenvalue weighted by atomic mass is 9.70. The third-order valence-corrected chi connectivity index (χ3v) is 11.8. The van der Waals surface area contributed by atoms with Crippen molar-refractivity contribution in [3.63, 3.8) is 0 Å². The van der Waals surface area contributed by atoms with Crippen molar-refractivity contribution in [2.24, 2.45) is 0 Å². The Bertz CT molecular complexity index is 2720. The fourth-order valence-corrected chi connectivity index (χ4v) is 8.11. The van der Waals surface area contributed by atoms with Gasteiger partial charge in [-0.1, -0.05) is 158 Å². The maximum atomic E-state index is 7.17. The molecule has 5 aliphatic rings. The van der Waals surface area contributed by atoms with Crippen LogP contribution >= 0.6 is 0 Å². The van der Waals surface area contributed by atoms with E-state index in [2.05, 4.69) is 188 Å². The highest BCUT2D eigenvalue weighted by atomic mass is 16.5. The zero-order chi connectivity index (χ0) is 39.4. The molecule has 4 aliphatic carbocycles.